The van der Waals surface area contributed by atoms with Crippen LogP contribution in [-0.2, 0) is 0 Å². The number of allylic oxidation sites excluding steroid dienone is 1. The van der Waals surface area contributed by atoms with E-state index in [2.05, 4.69) is 10.6 Å². The Morgan fingerprint density at radius 3 is 2.73 bits per heavy atom. The van der Waals surface area contributed by atoms with Crippen LogP contribution in [0.5, 0.6) is 0 Å². The number of benzene rings is 1. The minimum Gasteiger partial charge on any atom is -0.338 e. The van der Waals surface area contributed by atoms with E-state index in [-0.39, 0.29) is 0 Å². The second-order valence-corrected chi connectivity index (χ2v) is 5.00. The second kappa shape index (κ2) is 6.55. The summed E-state index contributed by atoms with van der Waals surface area (Å²) in [6, 6.07) is 1.33. The Balaban J connectivity index is 2.38. The van der Waals surface area contributed by atoms with Crippen LogP contribution in [0.3, 0.4) is 0 Å². The fourth-order valence-corrected chi connectivity index (χ4v) is 2.19. The lowest BCUT2D eigenvalue weighted by Crippen LogP contribution is -2.52. The van der Waals surface area contributed by atoms with Gasteiger partial charge in [-0.1, -0.05) is 13.0 Å². The summed E-state index contributed by atoms with van der Waals surface area (Å²) in [5.74, 6) is -2.00. The van der Waals surface area contributed by atoms with Gasteiger partial charge in [-0.2, -0.15) is 0 Å². The monoisotopic (exact) mass is 309 g/mol. The number of halogens is 2. The maximum Gasteiger partial charge on any atom is 0.330 e. The van der Waals surface area contributed by atoms with Gasteiger partial charge in [-0.25, -0.2) is 23.3 Å². The molecule has 0 bridgehead atoms. The van der Waals surface area contributed by atoms with Gasteiger partial charge >= 0.3 is 12.1 Å². The van der Waals surface area contributed by atoms with Crippen LogP contribution >= 0.6 is 0 Å². The first-order valence-electron chi connectivity index (χ1n) is 6.95. The summed E-state index contributed by atoms with van der Waals surface area (Å²) < 4.78 is 26.5. The molecule has 0 aromatic heterocycles. The number of nitrogens with one attached hydrogen (secondary N) is 2. The molecule has 22 heavy (non-hydrogen) atoms. The van der Waals surface area contributed by atoms with Crippen LogP contribution in [0.25, 0.3) is 0 Å². The molecule has 0 fully saturated rings. The van der Waals surface area contributed by atoms with Gasteiger partial charge in [-0.3, -0.25) is 0 Å². The number of imide groups is 1. The first-order valence-corrected chi connectivity index (χ1v) is 6.95. The van der Waals surface area contributed by atoms with Gasteiger partial charge in [-0.05, 0) is 37.1 Å². The fraction of sp³-hybridized carbons (Fsp3) is 0.333. The summed E-state index contributed by atoms with van der Waals surface area (Å²) in [4.78, 5) is 25.2. The molecular weight excluding hydrogens is 292 g/mol. The van der Waals surface area contributed by atoms with E-state index < -0.39 is 29.7 Å². The molecule has 7 heteroatoms. The van der Waals surface area contributed by atoms with Crippen LogP contribution in [-0.4, -0.2) is 23.5 Å². The summed E-state index contributed by atoms with van der Waals surface area (Å²) >= 11 is 0. The summed E-state index contributed by atoms with van der Waals surface area (Å²) in [6.45, 7) is 3.95. The molecular formula is C15H17F2N3O2. The number of rotatable bonds is 3. The van der Waals surface area contributed by atoms with Gasteiger partial charge in [0.25, 0.3) is 0 Å². The van der Waals surface area contributed by atoms with Gasteiger partial charge in [0.2, 0.25) is 0 Å². The smallest absolute Gasteiger partial charge is 0.330 e. The van der Waals surface area contributed by atoms with Crippen molar-refractivity contribution in [1.82, 2.24) is 15.5 Å². The Hall–Kier alpha value is -2.44. The molecule has 0 spiro atoms. The van der Waals surface area contributed by atoms with E-state index in [4.69, 9.17) is 0 Å². The summed E-state index contributed by atoms with van der Waals surface area (Å²) in [6.07, 6.45) is 2.32. The Kier molecular flexibility index (Phi) is 4.75. The Labute approximate surface area is 127 Å². The number of carbonyl (C=O) groups is 2. The van der Waals surface area contributed by atoms with E-state index in [9.17, 15) is 18.4 Å². The van der Waals surface area contributed by atoms with Crippen LogP contribution in [0.2, 0.25) is 0 Å². The van der Waals surface area contributed by atoms with Crippen molar-refractivity contribution in [1.29, 1.82) is 0 Å². The summed E-state index contributed by atoms with van der Waals surface area (Å²) in [5, 5.41) is 5.13. The molecule has 0 radical (unpaired) electrons. The van der Waals surface area contributed by atoms with Crippen molar-refractivity contribution in [3.8, 4) is 0 Å². The SMILES string of the molecule is CCCNC(=O)N1C(=O)NC(C)=CC1c1ccc(F)c(F)c1. The highest BCUT2D eigenvalue weighted by molar-refractivity contribution is 5.95. The lowest BCUT2D eigenvalue weighted by molar-refractivity contribution is 0.175. The topological polar surface area (TPSA) is 61.4 Å². The molecule has 1 aromatic carbocycles. The quantitative estimate of drug-likeness (QED) is 0.901. The predicted molar refractivity (Wildman–Crippen MR) is 76.9 cm³/mol. The highest BCUT2D eigenvalue weighted by Gasteiger charge is 2.33. The number of hydrogen-bond acceptors (Lipinski definition) is 2. The molecule has 4 amide bonds. The molecule has 2 rings (SSSR count). The highest BCUT2D eigenvalue weighted by Crippen LogP contribution is 2.27. The Morgan fingerprint density at radius 1 is 1.36 bits per heavy atom. The van der Waals surface area contributed by atoms with Crippen molar-refractivity contribution in [3.63, 3.8) is 0 Å². The Bertz CT molecular complexity index is 631. The van der Waals surface area contributed by atoms with Crippen molar-refractivity contribution >= 4 is 12.1 Å². The minimum atomic E-state index is -1.02. The lowest BCUT2D eigenvalue weighted by atomic mass is 10.0. The molecule has 1 atom stereocenters. The average molecular weight is 309 g/mol. The zero-order valence-corrected chi connectivity index (χ0v) is 12.3. The van der Waals surface area contributed by atoms with E-state index in [1.165, 1.54) is 6.07 Å². The first-order chi connectivity index (χ1) is 10.4. The Morgan fingerprint density at radius 2 is 2.09 bits per heavy atom. The zero-order valence-electron chi connectivity index (χ0n) is 12.3. The van der Waals surface area contributed by atoms with Gasteiger partial charge in [0, 0.05) is 12.2 Å². The lowest BCUT2D eigenvalue weighted by Gasteiger charge is -2.32. The van der Waals surface area contributed by atoms with E-state index in [0.29, 0.717) is 24.2 Å². The second-order valence-electron chi connectivity index (χ2n) is 5.00. The molecule has 1 aliphatic heterocycles. The van der Waals surface area contributed by atoms with E-state index in [0.717, 1.165) is 17.0 Å². The third kappa shape index (κ3) is 3.24. The maximum atomic E-state index is 13.4. The zero-order chi connectivity index (χ0) is 16.3. The fourth-order valence-electron chi connectivity index (χ4n) is 2.19. The van der Waals surface area contributed by atoms with Crippen LogP contribution in [0, 0.1) is 11.6 Å². The number of carbonyl (C=O) groups excluding carboxylic acids is 2. The summed E-state index contributed by atoms with van der Waals surface area (Å²) in [7, 11) is 0. The van der Waals surface area contributed by atoms with Gasteiger partial charge < -0.3 is 10.6 Å². The molecule has 1 heterocycles. The van der Waals surface area contributed by atoms with E-state index in [1.54, 1.807) is 13.0 Å². The van der Waals surface area contributed by atoms with Crippen molar-refractivity contribution < 1.29 is 18.4 Å². The molecule has 0 saturated carbocycles. The summed E-state index contributed by atoms with van der Waals surface area (Å²) in [5.41, 5.74) is 0.860. The molecule has 5 nitrogen and oxygen atoms in total. The molecule has 0 aliphatic carbocycles. The number of amides is 4. The third-order valence-electron chi connectivity index (χ3n) is 3.24. The van der Waals surface area contributed by atoms with Crippen molar-refractivity contribution in [2.24, 2.45) is 0 Å². The van der Waals surface area contributed by atoms with Gasteiger partial charge in [0.1, 0.15) is 0 Å². The standard InChI is InChI=1S/C15H17F2N3O2/c1-3-6-18-14(21)20-13(7-9(2)19-15(20)22)10-4-5-11(16)12(17)8-10/h4-5,7-8,13H,3,6H2,1-2H3,(H,18,21)(H,19,22). The first kappa shape index (κ1) is 15.9. The van der Waals surface area contributed by atoms with Gasteiger partial charge in [0.15, 0.2) is 11.6 Å². The van der Waals surface area contributed by atoms with Crippen LogP contribution in [0.1, 0.15) is 31.9 Å². The van der Waals surface area contributed by atoms with E-state index in [1.807, 2.05) is 6.92 Å². The number of hydrogen-bond donors (Lipinski definition) is 2. The number of urea groups is 2. The molecule has 0 saturated heterocycles. The van der Waals surface area contributed by atoms with Gasteiger partial charge in [0.05, 0.1) is 6.04 Å². The highest BCUT2D eigenvalue weighted by atomic mass is 19.2. The predicted octanol–water partition coefficient (Wildman–Crippen LogP) is 3.05. The molecule has 2 N–H and O–H groups in total. The normalized spacial score (nSPS) is 17.8. The number of nitrogens with zero attached hydrogens (tertiary/aromatic N) is 1. The molecule has 1 aromatic rings. The van der Waals surface area contributed by atoms with E-state index >= 15 is 0 Å². The van der Waals surface area contributed by atoms with Crippen molar-refractivity contribution in [3.05, 3.63) is 47.2 Å². The van der Waals surface area contributed by atoms with Gasteiger partial charge in [-0.15, -0.1) is 0 Å². The minimum absolute atomic E-state index is 0.319. The van der Waals surface area contributed by atoms with Crippen LogP contribution in [0.15, 0.2) is 30.0 Å². The maximum absolute atomic E-state index is 13.4. The van der Waals surface area contributed by atoms with Crippen LogP contribution < -0.4 is 10.6 Å². The van der Waals surface area contributed by atoms with Crippen LogP contribution in [0.4, 0.5) is 18.4 Å². The average Bonchev–Trinajstić information content (AvgIpc) is 2.46. The third-order valence-corrected chi connectivity index (χ3v) is 3.24. The largest absolute Gasteiger partial charge is 0.338 e. The molecule has 1 unspecified atom stereocenters. The molecule has 1 aliphatic rings. The van der Waals surface area contributed by atoms with Crippen molar-refractivity contribution in [2.75, 3.05) is 6.54 Å². The van der Waals surface area contributed by atoms with Crippen molar-refractivity contribution in [2.45, 2.75) is 26.3 Å². The molecule has 118 valence electrons.